The molecule has 1 atom stereocenters. The van der Waals surface area contributed by atoms with E-state index >= 15 is 0 Å². The van der Waals surface area contributed by atoms with Crippen LogP contribution in [-0.2, 0) is 4.79 Å². The average Bonchev–Trinajstić information content (AvgIpc) is 3.34. The smallest absolute Gasteiger partial charge is 0.362 e. The molecule has 3 aromatic rings. The SMILES string of the molecule is CC1=NN(C(=O)CSc2nnc(-c3ccccc3)n2-c2ccc(C)cc2)[C@@](O)(C(F)(F)F)C1. The fourth-order valence-corrected chi connectivity index (χ4v) is 4.25. The molecule has 0 saturated heterocycles. The highest BCUT2D eigenvalue weighted by Crippen LogP contribution is 2.40. The second-order valence-corrected chi connectivity index (χ2v) is 8.61. The van der Waals surface area contributed by atoms with E-state index in [4.69, 9.17) is 0 Å². The lowest BCUT2D eigenvalue weighted by Crippen LogP contribution is -2.57. The number of hydrazone groups is 1. The summed E-state index contributed by atoms with van der Waals surface area (Å²) < 4.78 is 42.1. The maximum absolute atomic E-state index is 13.5. The van der Waals surface area contributed by atoms with Crippen molar-refractivity contribution in [3.63, 3.8) is 0 Å². The van der Waals surface area contributed by atoms with Crippen LogP contribution in [0, 0.1) is 6.92 Å². The van der Waals surface area contributed by atoms with E-state index in [1.807, 2.05) is 61.5 Å². The van der Waals surface area contributed by atoms with Gasteiger partial charge in [-0.25, -0.2) is 0 Å². The van der Waals surface area contributed by atoms with Crippen LogP contribution in [0.25, 0.3) is 17.1 Å². The van der Waals surface area contributed by atoms with Gasteiger partial charge in [-0.15, -0.1) is 10.2 Å². The van der Waals surface area contributed by atoms with Crippen LogP contribution in [0.2, 0.25) is 0 Å². The number of amides is 1. The van der Waals surface area contributed by atoms with Crippen molar-refractivity contribution >= 4 is 23.4 Å². The van der Waals surface area contributed by atoms with E-state index in [0.717, 1.165) is 28.6 Å². The summed E-state index contributed by atoms with van der Waals surface area (Å²) in [7, 11) is 0. The van der Waals surface area contributed by atoms with Crippen molar-refractivity contribution in [2.75, 3.05) is 5.75 Å². The third-order valence-electron chi connectivity index (χ3n) is 5.10. The molecule has 1 aromatic heterocycles. The number of thioether (sulfide) groups is 1. The van der Waals surface area contributed by atoms with E-state index in [2.05, 4.69) is 15.3 Å². The van der Waals surface area contributed by atoms with E-state index in [0.29, 0.717) is 11.0 Å². The molecule has 0 radical (unpaired) electrons. The Kier molecular flexibility index (Phi) is 6.02. The molecule has 11 heteroatoms. The van der Waals surface area contributed by atoms with Crippen molar-refractivity contribution in [3.8, 4) is 17.1 Å². The highest BCUT2D eigenvalue weighted by molar-refractivity contribution is 7.99. The molecular weight excluding hydrogens is 455 g/mol. The second kappa shape index (κ2) is 8.64. The number of hydrogen-bond donors (Lipinski definition) is 1. The molecule has 172 valence electrons. The zero-order valence-electron chi connectivity index (χ0n) is 17.7. The summed E-state index contributed by atoms with van der Waals surface area (Å²) in [5.74, 6) is -0.888. The Labute approximate surface area is 191 Å². The van der Waals surface area contributed by atoms with Crippen LogP contribution in [0.15, 0.2) is 64.9 Å². The number of hydrogen-bond acceptors (Lipinski definition) is 6. The molecule has 0 aliphatic carbocycles. The number of nitrogens with zero attached hydrogens (tertiary/aromatic N) is 5. The van der Waals surface area contributed by atoms with Gasteiger partial charge in [0.1, 0.15) is 0 Å². The van der Waals surface area contributed by atoms with E-state index in [1.165, 1.54) is 6.92 Å². The lowest BCUT2D eigenvalue weighted by Gasteiger charge is -2.32. The quantitative estimate of drug-likeness (QED) is 0.560. The second-order valence-electron chi connectivity index (χ2n) is 7.66. The topological polar surface area (TPSA) is 83.6 Å². The zero-order valence-corrected chi connectivity index (χ0v) is 18.6. The van der Waals surface area contributed by atoms with Crippen molar-refractivity contribution in [1.29, 1.82) is 0 Å². The van der Waals surface area contributed by atoms with E-state index in [9.17, 15) is 23.1 Å². The minimum absolute atomic E-state index is 0.0161. The van der Waals surface area contributed by atoms with Gasteiger partial charge in [0.2, 0.25) is 0 Å². The van der Waals surface area contributed by atoms with Crippen LogP contribution in [0.5, 0.6) is 0 Å². The third kappa shape index (κ3) is 4.38. The summed E-state index contributed by atoms with van der Waals surface area (Å²) in [6, 6.07) is 16.9. The fraction of sp³-hybridized carbons (Fsp3) is 0.273. The number of halogens is 3. The van der Waals surface area contributed by atoms with Crippen LogP contribution < -0.4 is 0 Å². The number of carbonyl (C=O) groups is 1. The van der Waals surface area contributed by atoms with Gasteiger partial charge in [-0.1, -0.05) is 59.8 Å². The van der Waals surface area contributed by atoms with Crippen molar-refractivity contribution in [3.05, 3.63) is 60.2 Å². The van der Waals surface area contributed by atoms with Crippen LogP contribution in [-0.4, -0.2) is 54.2 Å². The number of rotatable bonds is 5. The Hall–Kier alpha value is -3.18. The molecule has 0 fully saturated rings. The van der Waals surface area contributed by atoms with Gasteiger partial charge in [-0.2, -0.15) is 23.3 Å². The molecule has 7 nitrogen and oxygen atoms in total. The molecule has 0 unspecified atom stereocenters. The number of benzene rings is 2. The Morgan fingerprint density at radius 3 is 2.39 bits per heavy atom. The number of carbonyl (C=O) groups excluding carboxylic acids is 1. The first-order valence-electron chi connectivity index (χ1n) is 9.97. The van der Waals surface area contributed by atoms with Crippen LogP contribution in [0.3, 0.4) is 0 Å². The lowest BCUT2D eigenvalue weighted by molar-refractivity contribution is -0.301. The summed E-state index contributed by atoms with van der Waals surface area (Å²) in [6.07, 6.45) is -5.83. The van der Waals surface area contributed by atoms with Crippen LogP contribution in [0.4, 0.5) is 13.2 Å². The molecule has 0 saturated carbocycles. The molecular formula is C22H20F3N5O2S. The first kappa shape index (κ1) is 23.0. The summed E-state index contributed by atoms with van der Waals surface area (Å²) in [4.78, 5) is 12.7. The van der Waals surface area contributed by atoms with Gasteiger partial charge >= 0.3 is 6.18 Å². The molecule has 2 aromatic carbocycles. The van der Waals surface area contributed by atoms with Gasteiger partial charge in [0.15, 0.2) is 11.0 Å². The number of aryl methyl sites for hydroxylation is 1. The molecule has 0 spiro atoms. The fourth-order valence-electron chi connectivity index (χ4n) is 3.45. The molecule has 33 heavy (non-hydrogen) atoms. The minimum atomic E-state index is -5.04. The van der Waals surface area contributed by atoms with Gasteiger partial charge < -0.3 is 5.11 Å². The number of aliphatic hydroxyl groups is 1. The van der Waals surface area contributed by atoms with Gasteiger partial charge in [0.25, 0.3) is 11.6 Å². The Balaban J connectivity index is 1.64. The van der Waals surface area contributed by atoms with E-state index < -0.39 is 30.0 Å². The molecule has 4 rings (SSSR count). The summed E-state index contributed by atoms with van der Waals surface area (Å²) in [6.45, 7) is 3.28. The molecule has 0 bridgehead atoms. The third-order valence-corrected chi connectivity index (χ3v) is 6.01. The molecule has 2 heterocycles. The zero-order chi connectivity index (χ0) is 23.8. The van der Waals surface area contributed by atoms with E-state index in [-0.39, 0.29) is 10.7 Å². The summed E-state index contributed by atoms with van der Waals surface area (Å²) in [5, 5.41) is 22.7. The van der Waals surface area contributed by atoms with Crippen molar-refractivity contribution in [2.45, 2.75) is 37.3 Å². The van der Waals surface area contributed by atoms with Crippen LogP contribution >= 0.6 is 11.8 Å². The predicted octanol–water partition coefficient (Wildman–Crippen LogP) is 4.19. The minimum Gasteiger partial charge on any atom is -0.362 e. The standard InChI is InChI=1S/C22H20F3N5O2S/c1-14-8-10-17(11-9-14)29-19(16-6-4-3-5-7-16)26-27-20(29)33-13-18(31)30-21(32,22(23,24)25)12-15(2)28-30/h3-11,32H,12-13H2,1-2H3/t21-/m0/s1. The van der Waals surface area contributed by atoms with Crippen molar-refractivity contribution < 1.29 is 23.1 Å². The first-order valence-corrected chi connectivity index (χ1v) is 11.0. The summed E-state index contributed by atoms with van der Waals surface area (Å²) in [5.41, 5.74) is -0.765. The average molecular weight is 475 g/mol. The molecule has 1 amide bonds. The monoisotopic (exact) mass is 475 g/mol. The van der Waals surface area contributed by atoms with E-state index in [1.54, 1.807) is 4.57 Å². The van der Waals surface area contributed by atoms with Gasteiger partial charge in [-0.3, -0.25) is 9.36 Å². The summed E-state index contributed by atoms with van der Waals surface area (Å²) >= 11 is 0.920. The van der Waals surface area contributed by atoms with Gasteiger partial charge in [-0.05, 0) is 26.0 Å². The van der Waals surface area contributed by atoms with Crippen molar-refractivity contribution in [2.24, 2.45) is 5.10 Å². The Morgan fingerprint density at radius 2 is 1.76 bits per heavy atom. The molecule has 1 aliphatic heterocycles. The van der Waals surface area contributed by atoms with Crippen LogP contribution in [0.1, 0.15) is 18.9 Å². The largest absolute Gasteiger partial charge is 0.438 e. The Morgan fingerprint density at radius 1 is 1.09 bits per heavy atom. The first-order chi connectivity index (χ1) is 15.6. The Bertz CT molecular complexity index is 1190. The van der Waals surface area contributed by atoms with Crippen molar-refractivity contribution in [1.82, 2.24) is 19.8 Å². The molecule has 1 N–H and O–H groups in total. The van der Waals surface area contributed by atoms with Gasteiger partial charge in [0.05, 0.1) is 5.75 Å². The normalized spacial score (nSPS) is 18.5. The predicted molar refractivity (Wildman–Crippen MR) is 118 cm³/mol. The maximum Gasteiger partial charge on any atom is 0.438 e. The lowest BCUT2D eigenvalue weighted by atomic mass is 10.1. The number of aromatic nitrogens is 3. The highest BCUT2D eigenvalue weighted by atomic mass is 32.2. The highest BCUT2D eigenvalue weighted by Gasteiger charge is 2.62. The molecule has 1 aliphatic rings. The number of alkyl halides is 3. The van der Waals surface area contributed by atoms with Gasteiger partial charge in [0, 0.05) is 23.4 Å². The maximum atomic E-state index is 13.5.